The van der Waals surface area contributed by atoms with E-state index in [1.807, 2.05) is 19.9 Å². The van der Waals surface area contributed by atoms with Gasteiger partial charge in [-0.05, 0) is 74.4 Å². The Morgan fingerprint density at radius 2 is 1.73 bits per heavy atom. The van der Waals surface area contributed by atoms with E-state index >= 15 is 0 Å². The molecule has 2 unspecified atom stereocenters. The van der Waals surface area contributed by atoms with Crippen LogP contribution in [0.4, 0.5) is 0 Å². The fraction of sp³-hybridized carbons (Fsp3) is 0.414. The van der Waals surface area contributed by atoms with Crippen LogP contribution in [-0.2, 0) is 22.7 Å². The van der Waals surface area contributed by atoms with E-state index in [1.165, 1.54) is 0 Å². The average molecular weight is 520 g/mol. The molecule has 0 saturated heterocycles. The van der Waals surface area contributed by atoms with E-state index in [4.69, 9.17) is 0 Å². The number of hydrogen-bond donors (Lipinski definition) is 0. The highest BCUT2D eigenvalue weighted by atomic mass is 32.2. The molecule has 1 aromatic carbocycles. The maximum Gasteiger partial charge on any atom is 0.181 e. The van der Waals surface area contributed by atoms with E-state index in [1.54, 1.807) is 43.3 Å². The van der Waals surface area contributed by atoms with Crippen molar-refractivity contribution in [1.29, 1.82) is 0 Å². The number of carbonyl (C=O) groups is 2. The van der Waals surface area contributed by atoms with Gasteiger partial charge < -0.3 is 0 Å². The minimum atomic E-state index is -3.25. The van der Waals surface area contributed by atoms with Crippen molar-refractivity contribution in [3.05, 3.63) is 82.2 Å². The molecule has 0 amide bonds. The predicted octanol–water partition coefficient (Wildman–Crippen LogP) is 4.89. The number of pyridine rings is 1. The lowest BCUT2D eigenvalue weighted by Gasteiger charge is -2.34. The Bertz CT molecular complexity index is 1430. The quantitative estimate of drug-likeness (QED) is 0.390. The molecule has 0 aliphatic heterocycles. The van der Waals surface area contributed by atoms with Gasteiger partial charge in [0.1, 0.15) is 11.5 Å². The summed E-state index contributed by atoms with van der Waals surface area (Å²) < 4.78 is 24.0. The molecule has 4 rings (SSSR count). The Morgan fingerprint density at radius 3 is 2.35 bits per heavy atom. The first-order valence-electron chi connectivity index (χ1n) is 12.7. The fourth-order valence-corrected chi connectivity index (χ4v) is 5.92. The monoisotopic (exact) mass is 519 g/mol. The minimum absolute atomic E-state index is 0.00827. The van der Waals surface area contributed by atoms with Gasteiger partial charge in [0.25, 0.3) is 0 Å². The fourth-order valence-electron chi connectivity index (χ4n) is 5.03. The largest absolute Gasteiger partial charge is 0.293 e. The molecule has 2 aromatic heterocycles. The summed E-state index contributed by atoms with van der Waals surface area (Å²) in [4.78, 5) is 40.5. The van der Waals surface area contributed by atoms with Crippen molar-refractivity contribution in [3.8, 4) is 0 Å². The van der Waals surface area contributed by atoms with Crippen molar-refractivity contribution >= 4 is 21.4 Å². The minimum Gasteiger partial charge on any atom is -0.293 e. The highest BCUT2D eigenvalue weighted by molar-refractivity contribution is 7.91. The summed E-state index contributed by atoms with van der Waals surface area (Å²) in [6.45, 7) is 9.56. The van der Waals surface area contributed by atoms with Gasteiger partial charge in [-0.3, -0.25) is 9.59 Å². The molecule has 1 aliphatic carbocycles. The smallest absolute Gasteiger partial charge is 0.181 e. The Balaban J connectivity index is 1.54. The average Bonchev–Trinajstić information content (AvgIpc) is 2.86. The second-order valence-electron chi connectivity index (χ2n) is 10.1. The third-order valence-corrected chi connectivity index (χ3v) is 8.88. The summed E-state index contributed by atoms with van der Waals surface area (Å²) in [5.74, 6) is 0.459. The second kappa shape index (κ2) is 10.6. The number of aryl methyl sites for hydroxylation is 3. The van der Waals surface area contributed by atoms with E-state index in [-0.39, 0.29) is 46.4 Å². The predicted molar refractivity (Wildman–Crippen MR) is 142 cm³/mol. The normalized spacial score (nSPS) is 17.6. The van der Waals surface area contributed by atoms with Gasteiger partial charge in [0.05, 0.1) is 28.0 Å². The summed E-state index contributed by atoms with van der Waals surface area (Å²) in [5.41, 5.74) is 4.05. The van der Waals surface area contributed by atoms with Crippen molar-refractivity contribution in [2.75, 3.05) is 5.75 Å². The Labute approximate surface area is 218 Å². The lowest BCUT2D eigenvalue weighted by Crippen LogP contribution is -2.34. The maximum atomic E-state index is 13.6. The van der Waals surface area contributed by atoms with E-state index in [0.717, 1.165) is 17.0 Å². The van der Waals surface area contributed by atoms with Crippen molar-refractivity contribution in [3.63, 3.8) is 0 Å². The molecule has 0 saturated carbocycles. The standard InChI is InChI=1S/C29H33N3O4S/c1-6-37(35,36)21-10-7-20(8-11-21)9-14-27(33)24-13-12-22-25(32-24)16-23(17(2)3)28(29(22)34)26-15-18(4)30-19(5)31-26/h7-8,10-13,15,17,23,28H,6,9,14,16H2,1-5H3. The molecule has 8 heteroatoms. The highest BCUT2D eigenvalue weighted by Gasteiger charge is 2.40. The molecule has 7 nitrogen and oxygen atoms in total. The van der Waals surface area contributed by atoms with Crippen LogP contribution < -0.4 is 0 Å². The van der Waals surface area contributed by atoms with E-state index < -0.39 is 9.84 Å². The van der Waals surface area contributed by atoms with Crippen molar-refractivity contribution in [2.45, 2.75) is 64.7 Å². The molecule has 0 radical (unpaired) electrons. The van der Waals surface area contributed by atoms with Crippen LogP contribution in [0.3, 0.4) is 0 Å². The first kappa shape index (κ1) is 26.8. The van der Waals surface area contributed by atoms with Gasteiger partial charge in [-0.15, -0.1) is 0 Å². The number of benzene rings is 1. The van der Waals surface area contributed by atoms with E-state index in [9.17, 15) is 18.0 Å². The van der Waals surface area contributed by atoms with Crippen molar-refractivity contribution < 1.29 is 18.0 Å². The molecule has 2 atom stereocenters. The number of aromatic nitrogens is 3. The van der Waals surface area contributed by atoms with Crippen LogP contribution in [0.2, 0.25) is 0 Å². The number of ketones is 2. The van der Waals surface area contributed by atoms with Crippen LogP contribution in [-0.4, -0.2) is 40.7 Å². The summed E-state index contributed by atoms with van der Waals surface area (Å²) in [6.07, 6.45) is 1.32. The molecule has 37 heavy (non-hydrogen) atoms. The molecule has 0 bridgehead atoms. The van der Waals surface area contributed by atoms with Crippen LogP contribution in [0.25, 0.3) is 0 Å². The van der Waals surface area contributed by atoms with Gasteiger partial charge in [-0.2, -0.15) is 0 Å². The molecule has 1 aliphatic rings. The molecule has 0 spiro atoms. The molecular formula is C29H33N3O4S. The molecule has 0 N–H and O–H groups in total. The van der Waals surface area contributed by atoms with Gasteiger partial charge in [-0.1, -0.05) is 32.9 Å². The van der Waals surface area contributed by atoms with Crippen LogP contribution in [0, 0.1) is 25.7 Å². The second-order valence-corrected chi connectivity index (χ2v) is 12.4. The maximum absolute atomic E-state index is 13.6. The van der Waals surface area contributed by atoms with E-state index in [2.05, 4.69) is 28.8 Å². The number of sulfone groups is 1. The Kier molecular flexibility index (Phi) is 7.69. The lowest BCUT2D eigenvalue weighted by atomic mass is 9.70. The van der Waals surface area contributed by atoms with Crippen molar-refractivity contribution in [1.82, 2.24) is 15.0 Å². The zero-order valence-electron chi connectivity index (χ0n) is 22.0. The van der Waals surface area contributed by atoms with Gasteiger partial charge in [0, 0.05) is 17.7 Å². The van der Waals surface area contributed by atoms with Crippen LogP contribution in [0.5, 0.6) is 0 Å². The molecule has 3 aromatic rings. The third kappa shape index (κ3) is 5.69. The Hall–Kier alpha value is -3.26. The number of carbonyl (C=O) groups excluding carboxylic acids is 2. The molecule has 2 heterocycles. The Morgan fingerprint density at radius 1 is 1.03 bits per heavy atom. The number of Topliss-reactive ketones (excluding diaryl/α,β-unsaturated/α-hetero) is 2. The number of hydrogen-bond acceptors (Lipinski definition) is 7. The highest BCUT2D eigenvalue weighted by Crippen LogP contribution is 2.40. The van der Waals surface area contributed by atoms with Crippen LogP contribution in [0.1, 0.15) is 82.4 Å². The molecule has 0 fully saturated rings. The zero-order valence-corrected chi connectivity index (χ0v) is 22.8. The first-order chi connectivity index (χ1) is 17.5. The molecular weight excluding hydrogens is 486 g/mol. The summed E-state index contributed by atoms with van der Waals surface area (Å²) in [6, 6.07) is 11.9. The topological polar surface area (TPSA) is 107 Å². The third-order valence-electron chi connectivity index (χ3n) is 7.13. The number of nitrogens with zero attached hydrogens (tertiary/aromatic N) is 3. The number of rotatable bonds is 8. The number of fused-ring (bicyclic) bond motifs is 1. The van der Waals surface area contributed by atoms with Gasteiger partial charge in [-0.25, -0.2) is 23.4 Å². The van der Waals surface area contributed by atoms with Gasteiger partial charge in [0.2, 0.25) is 0 Å². The van der Waals surface area contributed by atoms with E-state index in [0.29, 0.717) is 35.6 Å². The summed E-state index contributed by atoms with van der Waals surface area (Å²) in [7, 11) is -3.25. The summed E-state index contributed by atoms with van der Waals surface area (Å²) in [5, 5.41) is 0. The lowest BCUT2D eigenvalue weighted by molar-refractivity contribution is 0.0883. The SMILES string of the molecule is CCS(=O)(=O)c1ccc(CCC(=O)c2ccc3c(n2)CC(C(C)C)C(c2cc(C)nc(C)n2)C3=O)cc1. The van der Waals surface area contributed by atoms with Crippen molar-refractivity contribution in [2.24, 2.45) is 11.8 Å². The zero-order chi connectivity index (χ0) is 26.9. The van der Waals surface area contributed by atoms with Crippen LogP contribution in [0.15, 0.2) is 47.4 Å². The van der Waals surface area contributed by atoms with Gasteiger partial charge in [0.15, 0.2) is 21.4 Å². The summed E-state index contributed by atoms with van der Waals surface area (Å²) >= 11 is 0. The molecule has 194 valence electrons. The van der Waals surface area contributed by atoms with Crippen LogP contribution >= 0.6 is 0 Å². The van der Waals surface area contributed by atoms with Gasteiger partial charge >= 0.3 is 0 Å². The first-order valence-corrected chi connectivity index (χ1v) is 14.4.